The molecule has 0 heterocycles. The summed E-state index contributed by atoms with van der Waals surface area (Å²) in [5.41, 5.74) is 0.172. The highest BCUT2D eigenvalue weighted by molar-refractivity contribution is 7.92. The van der Waals surface area contributed by atoms with Crippen LogP contribution < -0.4 is 9.46 Å². The number of alkyl halides is 1. The summed E-state index contributed by atoms with van der Waals surface area (Å²) in [5, 5.41) is 0. The van der Waals surface area contributed by atoms with E-state index in [1.807, 2.05) is 0 Å². The summed E-state index contributed by atoms with van der Waals surface area (Å²) >= 11 is 5.42. The first-order valence-corrected chi connectivity index (χ1v) is 7.66. The van der Waals surface area contributed by atoms with Gasteiger partial charge in [0.1, 0.15) is 0 Å². The molecule has 1 aromatic rings. The maximum absolute atomic E-state index is 13.5. The van der Waals surface area contributed by atoms with E-state index in [-0.39, 0.29) is 23.1 Å². The third-order valence-corrected chi connectivity index (χ3v) is 3.69. The molecule has 0 saturated carbocycles. The molecule has 0 saturated heterocycles. The first kappa shape index (κ1) is 15.0. The van der Waals surface area contributed by atoms with Crippen LogP contribution in [-0.4, -0.2) is 26.7 Å². The van der Waals surface area contributed by atoms with Gasteiger partial charge in [-0.2, -0.15) is 0 Å². The third kappa shape index (κ3) is 4.70. The molecule has 0 bridgehead atoms. The summed E-state index contributed by atoms with van der Waals surface area (Å²) < 4.78 is 43.9. The summed E-state index contributed by atoms with van der Waals surface area (Å²) in [7, 11) is -3.48. The van der Waals surface area contributed by atoms with Gasteiger partial charge in [0, 0.05) is 11.9 Å². The molecule has 0 aromatic heterocycles. The van der Waals surface area contributed by atoms with Gasteiger partial charge in [-0.3, -0.25) is 4.72 Å². The molecule has 0 radical (unpaired) electrons. The van der Waals surface area contributed by atoms with E-state index < -0.39 is 15.8 Å². The molecule has 4 nitrogen and oxygen atoms in total. The van der Waals surface area contributed by atoms with Gasteiger partial charge in [-0.25, -0.2) is 12.8 Å². The second-order valence-electron chi connectivity index (χ2n) is 3.54. The highest BCUT2D eigenvalue weighted by atomic mass is 35.5. The molecular formula is C11H15ClFNO3S. The lowest BCUT2D eigenvalue weighted by atomic mass is 10.3. The Morgan fingerprint density at radius 3 is 2.72 bits per heavy atom. The average molecular weight is 296 g/mol. The molecule has 102 valence electrons. The van der Waals surface area contributed by atoms with Crippen molar-refractivity contribution in [3.63, 3.8) is 0 Å². The van der Waals surface area contributed by atoms with E-state index in [2.05, 4.69) is 4.72 Å². The van der Waals surface area contributed by atoms with Gasteiger partial charge in [0.25, 0.3) is 0 Å². The minimum absolute atomic E-state index is 0.0919. The predicted octanol–water partition coefficient (Wildman–Crippen LogP) is 2.60. The summed E-state index contributed by atoms with van der Waals surface area (Å²) in [6.07, 6.45) is 0.344. The van der Waals surface area contributed by atoms with Crippen LogP contribution in [-0.2, 0) is 10.0 Å². The van der Waals surface area contributed by atoms with Crippen LogP contribution in [0.15, 0.2) is 18.2 Å². The smallest absolute Gasteiger partial charge is 0.232 e. The number of rotatable bonds is 7. The number of hydrogen-bond acceptors (Lipinski definition) is 3. The molecule has 0 aliphatic heterocycles. The van der Waals surface area contributed by atoms with Crippen molar-refractivity contribution in [2.75, 3.05) is 23.0 Å². The Morgan fingerprint density at radius 1 is 1.44 bits per heavy atom. The Bertz CT molecular complexity index is 493. The van der Waals surface area contributed by atoms with Crippen molar-refractivity contribution < 1.29 is 17.5 Å². The van der Waals surface area contributed by atoms with Crippen molar-refractivity contribution in [3.8, 4) is 5.75 Å². The number of benzene rings is 1. The first-order valence-electron chi connectivity index (χ1n) is 5.47. The maximum atomic E-state index is 13.5. The van der Waals surface area contributed by atoms with E-state index in [9.17, 15) is 12.8 Å². The van der Waals surface area contributed by atoms with Crippen molar-refractivity contribution in [2.24, 2.45) is 0 Å². The molecule has 0 unspecified atom stereocenters. The number of ether oxygens (including phenoxy) is 1. The second-order valence-corrected chi connectivity index (χ2v) is 5.76. The van der Waals surface area contributed by atoms with Crippen LogP contribution in [0.3, 0.4) is 0 Å². The Kier molecular flexibility index (Phi) is 5.68. The molecule has 0 fully saturated rings. The number of sulfonamides is 1. The van der Waals surface area contributed by atoms with Crippen molar-refractivity contribution >= 4 is 27.3 Å². The Balaban J connectivity index is 2.77. The quantitative estimate of drug-likeness (QED) is 0.787. The van der Waals surface area contributed by atoms with Gasteiger partial charge in [0.15, 0.2) is 11.6 Å². The average Bonchev–Trinajstić information content (AvgIpc) is 2.30. The zero-order chi connectivity index (χ0) is 13.6. The summed E-state index contributed by atoms with van der Waals surface area (Å²) in [4.78, 5) is 0. The van der Waals surface area contributed by atoms with Gasteiger partial charge in [-0.1, -0.05) is 0 Å². The molecule has 0 atom stereocenters. The van der Waals surface area contributed by atoms with E-state index in [0.717, 1.165) is 6.07 Å². The second kappa shape index (κ2) is 6.80. The van der Waals surface area contributed by atoms with Gasteiger partial charge in [-0.05, 0) is 25.5 Å². The standard InChI is InChI=1S/C11H15ClFNO3S/c1-2-17-11-5-4-9(8-10(11)13)14-18(15,16)7-3-6-12/h4-5,8,14H,2-3,6-7H2,1H3. The molecule has 0 spiro atoms. The van der Waals surface area contributed by atoms with Crippen LogP contribution in [0.2, 0.25) is 0 Å². The first-order chi connectivity index (χ1) is 8.48. The van der Waals surface area contributed by atoms with E-state index in [1.54, 1.807) is 6.92 Å². The fourth-order valence-corrected chi connectivity index (χ4v) is 2.72. The Morgan fingerprint density at radius 2 is 2.17 bits per heavy atom. The van der Waals surface area contributed by atoms with E-state index in [1.165, 1.54) is 12.1 Å². The molecule has 18 heavy (non-hydrogen) atoms. The summed E-state index contributed by atoms with van der Waals surface area (Å²) in [6, 6.07) is 3.92. The fraction of sp³-hybridized carbons (Fsp3) is 0.455. The van der Waals surface area contributed by atoms with Crippen LogP contribution in [0.25, 0.3) is 0 Å². The minimum atomic E-state index is -3.48. The van der Waals surface area contributed by atoms with Gasteiger partial charge in [-0.15, -0.1) is 11.6 Å². The predicted molar refractivity (Wildman–Crippen MR) is 70.3 cm³/mol. The van der Waals surface area contributed by atoms with Crippen molar-refractivity contribution in [3.05, 3.63) is 24.0 Å². The topological polar surface area (TPSA) is 55.4 Å². The molecule has 1 rings (SSSR count). The third-order valence-electron chi connectivity index (χ3n) is 2.05. The number of hydrogen-bond donors (Lipinski definition) is 1. The van der Waals surface area contributed by atoms with Crippen molar-refractivity contribution in [2.45, 2.75) is 13.3 Å². The van der Waals surface area contributed by atoms with Gasteiger partial charge >= 0.3 is 0 Å². The molecule has 7 heteroatoms. The van der Waals surface area contributed by atoms with Crippen molar-refractivity contribution in [1.82, 2.24) is 0 Å². The van der Waals surface area contributed by atoms with Gasteiger partial charge in [0.05, 0.1) is 18.0 Å². The van der Waals surface area contributed by atoms with Crippen molar-refractivity contribution in [1.29, 1.82) is 0 Å². The van der Waals surface area contributed by atoms with Crippen LogP contribution in [0.1, 0.15) is 13.3 Å². The monoisotopic (exact) mass is 295 g/mol. The lowest BCUT2D eigenvalue weighted by molar-refractivity contribution is 0.321. The molecular weight excluding hydrogens is 281 g/mol. The van der Waals surface area contributed by atoms with Crippen LogP contribution in [0.4, 0.5) is 10.1 Å². The zero-order valence-corrected chi connectivity index (χ0v) is 11.5. The zero-order valence-electron chi connectivity index (χ0n) is 9.95. The molecule has 1 N–H and O–H groups in total. The van der Waals surface area contributed by atoms with Gasteiger partial charge in [0.2, 0.25) is 10.0 Å². The molecule has 0 aliphatic carbocycles. The van der Waals surface area contributed by atoms with Crippen LogP contribution in [0, 0.1) is 5.82 Å². The molecule has 0 amide bonds. The SMILES string of the molecule is CCOc1ccc(NS(=O)(=O)CCCCl)cc1F. The number of nitrogens with one attached hydrogen (secondary N) is 1. The summed E-state index contributed by atoms with van der Waals surface area (Å²) in [6.45, 7) is 2.08. The number of halogens is 2. The number of anilines is 1. The highest BCUT2D eigenvalue weighted by Crippen LogP contribution is 2.21. The van der Waals surface area contributed by atoms with E-state index in [4.69, 9.17) is 16.3 Å². The minimum Gasteiger partial charge on any atom is -0.491 e. The van der Waals surface area contributed by atoms with E-state index >= 15 is 0 Å². The normalized spacial score (nSPS) is 11.3. The Labute approximate surface area is 111 Å². The van der Waals surface area contributed by atoms with Crippen LogP contribution >= 0.6 is 11.6 Å². The van der Waals surface area contributed by atoms with Gasteiger partial charge < -0.3 is 4.74 Å². The van der Waals surface area contributed by atoms with E-state index in [0.29, 0.717) is 13.0 Å². The largest absolute Gasteiger partial charge is 0.491 e. The highest BCUT2D eigenvalue weighted by Gasteiger charge is 2.11. The lowest BCUT2D eigenvalue weighted by Gasteiger charge is -2.09. The van der Waals surface area contributed by atoms with Crippen LogP contribution in [0.5, 0.6) is 5.75 Å². The lowest BCUT2D eigenvalue weighted by Crippen LogP contribution is -2.17. The molecule has 0 aliphatic rings. The maximum Gasteiger partial charge on any atom is 0.232 e. The fourth-order valence-electron chi connectivity index (χ4n) is 1.31. The Hall–Kier alpha value is -1.01. The molecule has 1 aromatic carbocycles. The summed E-state index contributed by atoms with van der Waals surface area (Å²) in [5.74, 6) is -0.334.